The molecule has 6 nitrogen and oxygen atoms in total. The molecule has 2 aromatic carbocycles. The van der Waals surface area contributed by atoms with Crippen LogP contribution in [-0.4, -0.2) is 59.8 Å². The molecule has 0 bridgehead atoms. The molecule has 0 saturated carbocycles. The van der Waals surface area contributed by atoms with Crippen molar-refractivity contribution in [3.8, 4) is 11.5 Å². The van der Waals surface area contributed by atoms with E-state index in [4.69, 9.17) is 9.47 Å². The number of benzene rings is 2. The van der Waals surface area contributed by atoms with Gasteiger partial charge in [0.05, 0.1) is 0 Å². The molecule has 0 fully saturated rings. The molecule has 0 aliphatic rings. The van der Waals surface area contributed by atoms with Crippen molar-refractivity contribution in [2.45, 2.75) is 125 Å². The summed E-state index contributed by atoms with van der Waals surface area (Å²) < 4.78 is 11.8. The number of hydrogen-bond donors (Lipinski definition) is 4. The van der Waals surface area contributed by atoms with E-state index in [9.17, 15) is 10.2 Å². The van der Waals surface area contributed by atoms with Crippen LogP contribution in [0.25, 0.3) is 0 Å². The minimum Gasteiger partial charge on any atom is -0.491 e. The number of aliphatic hydroxyl groups is 2. The standard InChI is InChI=1S/C37H62N2O4.2ClH/c1-33(2,3)25-35(7,8)38-21-29(40)23-42-31-17-13-27(14-18-31)37(11,12)28-15-19-32(20-16-28)43-24-30(41)22-39-36(9,10)26-34(4,5)6;;/h13-20,29-30,38-41H,21-26H2,1-12H3;2*1H. The number of β-amino-alcohol motifs (C(OH)–C–C–N with tert-alkyl or cyclic N) is 2. The lowest BCUT2D eigenvalue weighted by atomic mass is 9.78. The number of nitrogens with one attached hydrogen (secondary N) is 2. The molecule has 2 rings (SSSR count). The molecule has 4 N–H and O–H groups in total. The minimum atomic E-state index is -0.589. The van der Waals surface area contributed by atoms with E-state index in [1.54, 1.807) is 0 Å². The summed E-state index contributed by atoms with van der Waals surface area (Å²) in [5.74, 6) is 1.48. The van der Waals surface area contributed by atoms with Crippen LogP contribution in [-0.2, 0) is 5.41 Å². The zero-order chi connectivity index (χ0) is 32.7. The third kappa shape index (κ3) is 16.7. The Kier molecular flexibility index (Phi) is 17.0. The van der Waals surface area contributed by atoms with Crippen LogP contribution in [0, 0.1) is 10.8 Å². The average Bonchev–Trinajstić information content (AvgIpc) is 2.86. The van der Waals surface area contributed by atoms with Crippen molar-refractivity contribution < 1.29 is 19.7 Å². The van der Waals surface area contributed by atoms with Gasteiger partial charge in [-0.15, -0.1) is 24.8 Å². The van der Waals surface area contributed by atoms with Gasteiger partial charge in [0.1, 0.15) is 36.9 Å². The number of aliphatic hydroxyl groups excluding tert-OH is 2. The lowest BCUT2D eigenvalue weighted by molar-refractivity contribution is 0.0944. The van der Waals surface area contributed by atoms with E-state index in [0.29, 0.717) is 13.1 Å². The van der Waals surface area contributed by atoms with Crippen LogP contribution in [0.3, 0.4) is 0 Å². The van der Waals surface area contributed by atoms with Gasteiger partial charge >= 0.3 is 0 Å². The Morgan fingerprint density at radius 3 is 1.09 bits per heavy atom. The number of hydrogen-bond acceptors (Lipinski definition) is 6. The van der Waals surface area contributed by atoms with Gasteiger partial charge in [0.25, 0.3) is 0 Å². The van der Waals surface area contributed by atoms with E-state index < -0.39 is 12.2 Å². The first-order valence-electron chi connectivity index (χ1n) is 15.9. The van der Waals surface area contributed by atoms with Gasteiger partial charge in [-0.2, -0.15) is 0 Å². The van der Waals surface area contributed by atoms with E-state index in [1.807, 2.05) is 24.3 Å². The van der Waals surface area contributed by atoms with E-state index in [2.05, 4.69) is 118 Å². The van der Waals surface area contributed by atoms with Gasteiger partial charge < -0.3 is 30.3 Å². The van der Waals surface area contributed by atoms with Crippen LogP contribution in [0.1, 0.15) is 107 Å². The Labute approximate surface area is 287 Å². The Hall–Kier alpha value is -1.54. The zero-order valence-corrected chi connectivity index (χ0v) is 31.7. The fourth-order valence-electron chi connectivity index (χ4n) is 6.17. The van der Waals surface area contributed by atoms with Crippen LogP contribution in [0.5, 0.6) is 11.5 Å². The summed E-state index contributed by atoms with van der Waals surface area (Å²) in [4.78, 5) is 0. The maximum Gasteiger partial charge on any atom is 0.119 e. The molecular weight excluding hydrogens is 607 g/mol. The van der Waals surface area contributed by atoms with Crippen LogP contribution in [0.2, 0.25) is 0 Å². The van der Waals surface area contributed by atoms with Gasteiger partial charge in [0.2, 0.25) is 0 Å². The molecule has 8 heteroatoms. The van der Waals surface area contributed by atoms with Crippen molar-refractivity contribution in [3.05, 3.63) is 59.7 Å². The second-order valence-corrected chi connectivity index (χ2v) is 16.6. The molecule has 0 heterocycles. The van der Waals surface area contributed by atoms with Crippen LogP contribution in [0.15, 0.2) is 48.5 Å². The van der Waals surface area contributed by atoms with Gasteiger partial charge in [-0.25, -0.2) is 0 Å². The fourth-order valence-corrected chi connectivity index (χ4v) is 6.17. The van der Waals surface area contributed by atoms with E-state index in [0.717, 1.165) is 24.3 Å². The summed E-state index contributed by atoms with van der Waals surface area (Å²) in [6.07, 6.45) is 0.846. The van der Waals surface area contributed by atoms with Gasteiger partial charge in [-0.1, -0.05) is 79.7 Å². The molecule has 0 saturated heterocycles. The topological polar surface area (TPSA) is 83.0 Å². The van der Waals surface area contributed by atoms with Crippen LogP contribution < -0.4 is 20.1 Å². The summed E-state index contributed by atoms with van der Waals surface area (Å²) in [5.41, 5.74) is 2.43. The predicted octanol–water partition coefficient (Wildman–Crippen LogP) is 7.94. The molecule has 2 aromatic rings. The molecule has 0 aromatic heterocycles. The van der Waals surface area contributed by atoms with Gasteiger partial charge in [0.15, 0.2) is 0 Å². The zero-order valence-electron chi connectivity index (χ0n) is 30.0. The van der Waals surface area contributed by atoms with Crippen LogP contribution >= 0.6 is 24.8 Å². The lowest BCUT2D eigenvalue weighted by Crippen LogP contribution is -2.46. The molecule has 0 amide bonds. The highest BCUT2D eigenvalue weighted by Crippen LogP contribution is 2.33. The number of ether oxygens (including phenoxy) is 2. The molecule has 0 aliphatic heterocycles. The first-order valence-corrected chi connectivity index (χ1v) is 15.9. The quantitative estimate of drug-likeness (QED) is 0.145. The molecule has 0 radical (unpaired) electrons. The van der Waals surface area contributed by atoms with Crippen molar-refractivity contribution in [2.75, 3.05) is 26.3 Å². The molecule has 2 unspecified atom stereocenters. The minimum absolute atomic E-state index is 0. The Morgan fingerprint density at radius 1 is 0.533 bits per heavy atom. The Bertz CT molecular complexity index is 1020. The van der Waals surface area contributed by atoms with Crippen molar-refractivity contribution in [2.24, 2.45) is 10.8 Å². The molecule has 0 aliphatic carbocycles. The van der Waals surface area contributed by atoms with Gasteiger partial charge in [-0.3, -0.25) is 0 Å². The van der Waals surface area contributed by atoms with Crippen LogP contribution in [0.4, 0.5) is 0 Å². The van der Waals surface area contributed by atoms with E-state index >= 15 is 0 Å². The highest BCUT2D eigenvalue weighted by atomic mass is 35.5. The highest BCUT2D eigenvalue weighted by molar-refractivity contribution is 5.85. The summed E-state index contributed by atoms with van der Waals surface area (Å²) in [6.45, 7) is 27.9. The third-order valence-electron chi connectivity index (χ3n) is 7.61. The smallest absolute Gasteiger partial charge is 0.119 e. The highest BCUT2D eigenvalue weighted by Gasteiger charge is 2.27. The Balaban J connectivity index is 0.00000968. The summed E-state index contributed by atoms with van der Waals surface area (Å²) in [7, 11) is 0. The largest absolute Gasteiger partial charge is 0.491 e. The first kappa shape index (κ1) is 43.5. The first-order chi connectivity index (χ1) is 19.6. The summed E-state index contributed by atoms with van der Waals surface area (Å²) in [5, 5.41) is 27.9. The maximum atomic E-state index is 10.5. The summed E-state index contributed by atoms with van der Waals surface area (Å²) in [6, 6.07) is 16.2. The molecule has 2 atom stereocenters. The normalized spacial score (nSPS) is 14.2. The van der Waals surface area contributed by atoms with Crippen molar-refractivity contribution >= 4 is 24.8 Å². The molecular formula is C37H64Cl2N2O4. The van der Waals surface area contributed by atoms with Gasteiger partial charge in [0, 0.05) is 29.6 Å². The van der Waals surface area contributed by atoms with Crippen molar-refractivity contribution in [3.63, 3.8) is 0 Å². The number of rotatable bonds is 16. The third-order valence-corrected chi connectivity index (χ3v) is 7.61. The molecule has 260 valence electrons. The number of halogens is 2. The van der Waals surface area contributed by atoms with E-state index in [-0.39, 0.29) is 65.4 Å². The maximum absolute atomic E-state index is 10.5. The monoisotopic (exact) mass is 670 g/mol. The van der Waals surface area contributed by atoms with E-state index in [1.165, 1.54) is 11.1 Å². The second-order valence-electron chi connectivity index (χ2n) is 16.6. The Morgan fingerprint density at radius 2 is 0.822 bits per heavy atom. The lowest BCUT2D eigenvalue weighted by Gasteiger charge is -2.34. The average molecular weight is 672 g/mol. The summed E-state index contributed by atoms with van der Waals surface area (Å²) >= 11 is 0. The van der Waals surface area contributed by atoms with Gasteiger partial charge in [-0.05, 0) is 86.8 Å². The predicted molar refractivity (Wildman–Crippen MR) is 195 cm³/mol. The SMILES string of the molecule is CC(C)(C)CC(C)(C)NCC(O)COc1ccc(C(C)(C)c2ccc(OCC(O)CNC(C)(C)CC(C)(C)C)cc2)cc1.Cl.Cl. The molecule has 0 spiro atoms. The van der Waals surface area contributed by atoms with Crippen molar-refractivity contribution in [1.82, 2.24) is 10.6 Å². The second kappa shape index (κ2) is 17.6. The molecule has 45 heavy (non-hydrogen) atoms. The van der Waals surface area contributed by atoms with Crippen molar-refractivity contribution in [1.29, 1.82) is 0 Å². The fraction of sp³-hybridized carbons (Fsp3) is 0.676.